The van der Waals surface area contributed by atoms with Crippen molar-refractivity contribution in [2.45, 2.75) is 12.5 Å². The SMILES string of the molecule is COc1cccc(CC(O)c2cc3ccccc3o2)c1F. The summed E-state index contributed by atoms with van der Waals surface area (Å²) in [6.45, 7) is 0. The third-order valence-corrected chi connectivity index (χ3v) is 3.45. The van der Waals surface area contributed by atoms with Gasteiger partial charge in [0.15, 0.2) is 11.6 Å². The van der Waals surface area contributed by atoms with Crippen molar-refractivity contribution in [1.82, 2.24) is 0 Å². The smallest absolute Gasteiger partial charge is 0.168 e. The summed E-state index contributed by atoms with van der Waals surface area (Å²) in [7, 11) is 1.41. The van der Waals surface area contributed by atoms with Crippen LogP contribution in [0.1, 0.15) is 17.4 Å². The molecular weight excluding hydrogens is 271 g/mol. The molecule has 0 fully saturated rings. The second-order valence-electron chi connectivity index (χ2n) is 4.84. The molecule has 0 aliphatic heterocycles. The Morgan fingerprint density at radius 1 is 1.19 bits per heavy atom. The highest BCUT2D eigenvalue weighted by Crippen LogP contribution is 2.28. The number of halogens is 1. The highest BCUT2D eigenvalue weighted by Gasteiger charge is 2.17. The standard InChI is InChI=1S/C17H15FO3/c1-20-15-8-4-6-12(17(15)18)9-13(19)16-10-11-5-2-3-7-14(11)21-16/h2-8,10,13,19H,9H2,1H3. The van der Waals surface area contributed by atoms with Gasteiger partial charge in [0.25, 0.3) is 0 Å². The van der Waals surface area contributed by atoms with Gasteiger partial charge in [-0.2, -0.15) is 0 Å². The first-order chi connectivity index (χ1) is 10.2. The largest absolute Gasteiger partial charge is 0.494 e. The molecule has 1 N–H and O–H groups in total. The van der Waals surface area contributed by atoms with E-state index in [9.17, 15) is 9.50 Å². The first-order valence-corrected chi connectivity index (χ1v) is 6.67. The Balaban J connectivity index is 1.87. The lowest BCUT2D eigenvalue weighted by Gasteiger charge is -2.10. The Morgan fingerprint density at radius 2 is 2.00 bits per heavy atom. The molecule has 0 bridgehead atoms. The number of methoxy groups -OCH3 is 1. The van der Waals surface area contributed by atoms with E-state index in [4.69, 9.17) is 9.15 Å². The van der Waals surface area contributed by atoms with E-state index in [1.54, 1.807) is 24.3 Å². The Bertz CT molecular complexity index is 731. The van der Waals surface area contributed by atoms with Crippen LogP contribution in [0.3, 0.4) is 0 Å². The van der Waals surface area contributed by atoms with Crippen LogP contribution in [0.25, 0.3) is 11.0 Å². The fourth-order valence-corrected chi connectivity index (χ4v) is 2.35. The van der Waals surface area contributed by atoms with Gasteiger partial charge in [-0.3, -0.25) is 0 Å². The minimum Gasteiger partial charge on any atom is -0.494 e. The van der Waals surface area contributed by atoms with E-state index in [-0.39, 0.29) is 12.2 Å². The van der Waals surface area contributed by atoms with Crippen LogP contribution in [-0.4, -0.2) is 12.2 Å². The van der Waals surface area contributed by atoms with E-state index in [2.05, 4.69) is 0 Å². The molecule has 1 heterocycles. The molecule has 108 valence electrons. The van der Waals surface area contributed by atoms with Crippen LogP contribution in [0.5, 0.6) is 5.75 Å². The van der Waals surface area contributed by atoms with Crippen LogP contribution in [0.4, 0.5) is 4.39 Å². The number of hydrogen-bond donors (Lipinski definition) is 1. The summed E-state index contributed by atoms with van der Waals surface area (Å²) in [5.41, 5.74) is 1.10. The van der Waals surface area contributed by atoms with E-state index >= 15 is 0 Å². The minimum absolute atomic E-state index is 0.128. The maximum Gasteiger partial charge on any atom is 0.168 e. The Hall–Kier alpha value is -2.33. The van der Waals surface area contributed by atoms with Crippen LogP contribution in [0, 0.1) is 5.82 Å². The molecule has 0 aliphatic rings. The number of hydrogen-bond acceptors (Lipinski definition) is 3. The average Bonchev–Trinajstić information content (AvgIpc) is 2.93. The molecular formula is C17H15FO3. The highest BCUT2D eigenvalue weighted by atomic mass is 19.1. The zero-order valence-electron chi connectivity index (χ0n) is 11.5. The molecule has 4 heteroatoms. The zero-order valence-corrected chi connectivity index (χ0v) is 11.5. The molecule has 0 amide bonds. The number of rotatable bonds is 4. The summed E-state index contributed by atoms with van der Waals surface area (Å²) in [6.07, 6.45) is -0.776. The summed E-state index contributed by atoms with van der Waals surface area (Å²) >= 11 is 0. The van der Waals surface area contributed by atoms with Gasteiger partial charge >= 0.3 is 0 Å². The van der Waals surface area contributed by atoms with Gasteiger partial charge in [-0.15, -0.1) is 0 Å². The zero-order chi connectivity index (χ0) is 14.8. The number of benzene rings is 2. The third-order valence-electron chi connectivity index (χ3n) is 3.45. The fourth-order valence-electron chi connectivity index (χ4n) is 2.35. The molecule has 3 aromatic rings. The second kappa shape index (κ2) is 5.58. The lowest BCUT2D eigenvalue weighted by atomic mass is 10.0. The van der Waals surface area contributed by atoms with Gasteiger partial charge in [0, 0.05) is 11.8 Å². The summed E-state index contributed by atoms with van der Waals surface area (Å²) in [5, 5.41) is 11.2. The number of aliphatic hydroxyl groups is 1. The molecule has 3 nitrogen and oxygen atoms in total. The van der Waals surface area contributed by atoms with Crippen molar-refractivity contribution in [2.24, 2.45) is 0 Å². The van der Waals surface area contributed by atoms with Gasteiger partial charge in [-0.05, 0) is 23.8 Å². The van der Waals surface area contributed by atoms with Gasteiger partial charge in [0.05, 0.1) is 7.11 Å². The predicted molar refractivity (Wildman–Crippen MR) is 77.8 cm³/mol. The van der Waals surface area contributed by atoms with Crippen molar-refractivity contribution in [2.75, 3.05) is 7.11 Å². The van der Waals surface area contributed by atoms with Gasteiger partial charge < -0.3 is 14.3 Å². The van der Waals surface area contributed by atoms with Crippen molar-refractivity contribution >= 4 is 11.0 Å². The van der Waals surface area contributed by atoms with Crippen molar-refractivity contribution in [3.8, 4) is 5.75 Å². The van der Waals surface area contributed by atoms with Crippen LogP contribution in [0.15, 0.2) is 52.9 Å². The van der Waals surface area contributed by atoms with Crippen LogP contribution in [0.2, 0.25) is 0 Å². The van der Waals surface area contributed by atoms with E-state index in [0.29, 0.717) is 16.9 Å². The molecule has 0 radical (unpaired) electrons. The summed E-state index contributed by atoms with van der Waals surface area (Å²) < 4.78 is 24.6. The number of fused-ring (bicyclic) bond motifs is 1. The summed E-state index contributed by atoms with van der Waals surface area (Å²) in [6, 6.07) is 14.1. The van der Waals surface area contributed by atoms with Gasteiger partial charge in [-0.1, -0.05) is 30.3 Å². The van der Waals surface area contributed by atoms with Gasteiger partial charge in [0.2, 0.25) is 0 Å². The lowest BCUT2D eigenvalue weighted by Crippen LogP contribution is -2.03. The molecule has 0 saturated heterocycles. The Morgan fingerprint density at radius 3 is 2.76 bits per heavy atom. The topological polar surface area (TPSA) is 42.6 Å². The van der Waals surface area contributed by atoms with Crippen LogP contribution < -0.4 is 4.74 Å². The monoisotopic (exact) mass is 286 g/mol. The Kier molecular flexibility index (Phi) is 3.62. The molecule has 0 aliphatic carbocycles. The summed E-state index contributed by atoms with van der Waals surface area (Å²) in [5.74, 6) is 0.151. The molecule has 0 saturated carbocycles. The molecule has 1 aromatic heterocycles. The maximum absolute atomic E-state index is 14.1. The molecule has 1 unspecified atom stereocenters. The third kappa shape index (κ3) is 2.62. The number of ether oxygens (including phenoxy) is 1. The average molecular weight is 286 g/mol. The summed E-state index contributed by atoms with van der Waals surface area (Å²) in [4.78, 5) is 0. The number of furan rings is 1. The second-order valence-corrected chi connectivity index (χ2v) is 4.84. The van der Waals surface area contributed by atoms with Gasteiger partial charge in [-0.25, -0.2) is 4.39 Å². The highest BCUT2D eigenvalue weighted by molar-refractivity contribution is 5.77. The quantitative estimate of drug-likeness (QED) is 0.792. The first-order valence-electron chi connectivity index (χ1n) is 6.67. The van der Waals surface area contributed by atoms with Crippen molar-refractivity contribution in [1.29, 1.82) is 0 Å². The van der Waals surface area contributed by atoms with E-state index in [1.807, 2.05) is 24.3 Å². The lowest BCUT2D eigenvalue weighted by molar-refractivity contribution is 0.151. The number of aliphatic hydroxyl groups excluding tert-OH is 1. The van der Waals surface area contributed by atoms with Crippen molar-refractivity contribution in [3.05, 3.63) is 65.7 Å². The predicted octanol–water partition coefficient (Wildman–Crippen LogP) is 3.86. The van der Waals surface area contributed by atoms with Crippen molar-refractivity contribution < 1.29 is 18.7 Å². The first kappa shape index (κ1) is 13.6. The minimum atomic E-state index is -0.904. The number of para-hydroxylation sites is 1. The molecule has 21 heavy (non-hydrogen) atoms. The normalized spacial score (nSPS) is 12.5. The van der Waals surface area contributed by atoms with E-state index in [1.165, 1.54) is 7.11 Å². The molecule has 1 atom stereocenters. The van der Waals surface area contributed by atoms with Gasteiger partial charge in [0.1, 0.15) is 17.4 Å². The molecule has 0 spiro atoms. The van der Waals surface area contributed by atoms with E-state index in [0.717, 1.165) is 5.39 Å². The fraction of sp³-hybridized carbons (Fsp3) is 0.176. The van der Waals surface area contributed by atoms with Crippen LogP contribution >= 0.6 is 0 Å². The van der Waals surface area contributed by atoms with Crippen molar-refractivity contribution in [3.63, 3.8) is 0 Å². The van der Waals surface area contributed by atoms with E-state index < -0.39 is 11.9 Å². The Labute approximate surface area is 121 Å². The molecule has 2 aromatic carbocycles. The maximum atomic E-state index is 14.1. The van der Waals surface area contributed by atoms with Crippen LogP contribution in [-0.2, 0) is 6.42 Å². The molecule has 3 rings (SSSR count).